The molecule has 2 heterocycles. The third-order valence-corrected chi connectivity index (χ3v) is 4.16. The molecule has 2 rings (SSSR count). The fourth-order valence-corrected chi connectivity index (χ4v) is 3.40. The molecule has 3 heteroatoms. The van der Waals surface area contributed by atoms with E-state index in [0.717, 1.165) is 13.2 Å². The zero-order valence-corrected chi connectivity index (χ0v) is 11.8. The van der Waals surface area contributed by atoms with E-state index in [1.54, 1.807) is 0 Å². The van der Waals surface area contributed by atoms with E-state index in [9.17, 15) is 0 Å². The third-order valence-electron chi connectivity index (χ3n) is 4.16. The van der Waals surface area contributed by atoms with Crippen LogP contribution >= 0.6 is 0 Å². The molecule has 0 aromatic carbocycles. The van der Waals surface area contributed by atoms with E-state index >= 15 is 0 Å². The van der Waals surface area contributed by atoms with E-state index in [0.29, 0.717) is 11.6 Å². The van der Waals surface area contributed by atoms with Gasteiger partial charge in [-0.3, -0.25) is 4.90 Å². The van der Waals surface area contributed by atoms with Crippen LogP contribution in [0.15, 0.2) is 0 Å². The smallest absolute Gasteiger partial charge is 0.0646 e. The van der Waals surface area contributed by atoms with Gasteiger partial charge in [-0.15, -0.1) is 0 Å². The first-order valence-electron chi connectivity index (χ1n) is 6.86. The zero-order valence-electron chi connectivity index (χ0n) is 11.8. The van der Waals surface area contributed by atoms with Gasteiger partial charge in [0.1, 0.15) is 0 Å². The fraction of sp³-hybridized carbons (Fsp3) is 1.00. The largest absolute Gasteiger partial charge is 0.383 e. The normalized spacial score (nSPS) is 34.2. The lowest BCUT2D eigenvalue weighted by Crippen LogP contribution is -2.47. The minimum atomic E-state index is -0.0216. The predicted octanol–water partition coefficient (Wildman–Crippen LogP) is 2.44. The predicted molar refractivity (Wildman–Crippen MR) is 69.3 cm³/mol. The Labute approximate surface area is 105 Å². The van der Waals surface area contributed by atoms with Crippen LogP contribution in [0, 0.1) is 0 Å². The Morgan fingerprint density at radius 2 is 2.06 bits per heavy atom. The van der Waals surface area contributed by atoms with Gasteiger partial charge in [-0.25, -0.2) is 0 Å². The van der Waals surface area contributed by atoms with Crippen LogP contribution in [-0.4, -0.2) is 49.0 Å². The molecule has 2 aliphatic rings. The monoisotopic (exact) mass is 241 g/mol. The summed E-state index contributed by atoms with van der Waals surface area (Å²) in [4.78, 5) is 2.66. The van der Waals surface area contributed by atoms with Gasteiger partial charge in [-0.05, 0) is 53.0 Å². The van der Waals surface area contributed by atoms with Gasteiger partial charge in [-0.1, -0.05) is 0 Å². The second-order valence-electron chi connectivity index (χ2n) is 6.57. The van der Waals surface area contributed by atoms with Crippen molar-refractivity contribution in [3.05, 3.63) is 0 Å². The molecular weight excluding hydrogens is 214 g/mol. The summed E-state index contributed by atoms with van der Waals surface area (Å²) in [5.74, 6) is 0. The molecule has 0 aromatic heterocycles. The highest BCUT2D eigenvalue weighted by atomic mass is 16.5. The van der Waals surface area contributed by atoms with Gasteiger partial charge in [0.2, 0.25) is 0 Å². The number of fused-ring (bicyclic) bond motifs is 1. The van der Waals surface area contributed by atoms with Crippen molar-refractivity contribution in [3.8, 4) is 0 Å². The molecule has 0 spiro atoms. The summed E-state index contributed by atoms with van der Waals surface area (Å²) in [7, 11) is 1.82. The van der Waals surface area contributed by atoms with E-state index in [1.165, 1.54) is 32.2 Å². The molecule has 2 saturated heterocycles. The molecule has 100 valence electrons. The minimum absolute atomic E-state index is 0.0216. The third kappa shape index (κ3) is 2.83. The highest BCUT2D eigenvalue weighted by Crippen LogP contribution is 2.42. The van der Waals surface area contributed by atoms with Gasteiger partial charge >= 0.3 is 0 Å². The van der Waals surface area contributed by atoms with Gasteiger partial charge in [0.15, 0.2) is 0 Å². The van der Waals surface area contributed by atoms with Crippen LogP contribution in [0.1, 0.15) is 46.5 Å². The van der Waals surface area contributed by atoms with Crippen molar-refractivity contribution in [2.24, 2.45) is 0 Å². The van der Waals surface area contributed by atoms with Crippen molar-refractivity contribution in [3.63, 3.8) is 0 Å². The van der Waals surface area contributed by atoms with Gasteiger partial charge in [0, 0.05) is 18.7 Å². The number of methoxy groups -OCH3 is 1. The Kier molecular flexibility index (Phi) is 3.81. The summed E-state index contributed by atoms with van der Waals surface area (Å²) in [6.07, 6.45) is 5.15. The lowest BCUT2D eigenvalue weighted by molar-refractivity contribution is -0.0406. The van der Waals surface area contributed by atoms with E-state index in [4.69, 9.17) is 9.47 Å². The first-order chi connectivity index (χ1) is 7.97. The molecule has 2 fully saturated rings. The Hall–Kier alpha value is -0.120. The second-order valence-corrected chi connectivity index (χ2v) is 6.57. The lowest BCUT2D eigenvalue weighted by Gasteiger charge is -2.35. The quantitative estimate of drug-likeness (QED) is 0.754. The van der Waals surface area contributed by atoms with Crippen LogP contribution < -0.4 is 0 Å². The van der Waals surface area contributed by atoms with Crippen LogP contribution in [0.3, 0.4) is 0 Å². The van der Waals surface area contributed by atoms with E-state index in [1.807, 2.05) is 7.11 Å². The average molecular weight is 241 g/mol. The molecule has 0 aromatic rings. The van der Waals surface area contributed by atoms with E-state index in [2.05, 4.69) is 25.7 Å². The molecule has 2 atom stereocenters. The van der Waals surface area contributed by atoms with Crippen molar-refractivity contribution in [1.82, 2.24) is 4.90 Å². The standard InChI is InChI=1S/C14H27NO2/c1-13(2,3)17-10-12-6-8-14(11-16-4)7-5-9-15(12)14/h12H,5-11H2,1-4H3. The number of rotatable bonds is 4. The maximum absolute atomic E-state index is 5.96. The summed E-state index contributed by atoms with van der Waals surface area (Å²) in [6.45, 7) is 9.38. The highest BCUT2D eigenvalue weighted by molar-refractivity contribution is 5.04. The molecule has 3 nitrogen and oxygen atoms in total. The summed E-state index contributed by atoms with van der Waals surface area (Å²) in [5.41, 5.74) is 0.312. The summed E-state index contributed by atoms with van der Waals surface area (Å²) >= 11 is 0. The number of hydrogen-bond acceptors (Lipinski definition) is 3. The molecule has 0 N–H and O–H groups in total. The number of nitrogens with zero attached hydrogens (tertiary/aromatic N) is 1. The van der Waals surface area contributed by atoms with Crippen molar-refractivity contribution >= 4 is 0 Å². The van der Waals surface area contributed by atoms with E-state index < -0.39 is 0 Å². The van der Waals surface area contributed by atoms with Crippen LogP contribution in [-0.2, 0) is 9.47 Å². The van der Waals surface area contributed by atoms with Crippen molar-refractivity contribution in [2.75, 3.05) is 26.9 Å². The molecule has 0 aliphatic carbocycles. The van der Waals surface area contributed by atoms with Gasteiger partial charge in [0.05, 0.1) is 18.8 Å². The van der Waals surface area contributed by atoms with Crippen LogP contribution in [0.25, 0.3) is 0 Å². The first-order valence-corrected chi connectivity index (χ1v) is 6.86. The molecule has 17 heavy (non-hydrogen) atoms. The number of hydrogen-bond donors (Lipinski definition) is 0. The minimum Gasteiger partial charge on any atom is -0.383 e. The summed E-state index contributed by atoms with van der Waals surface area (Å²) in [6, 6.07) is 0.604. The van der Waals surface area contributed by atoms with Crippen molar-refractivity contribution < 1.29 is 9.47 Å². The fourth-order valence-electron chi connectivity index (χ4n) is 3.40. The highest BCUT2D eigenvalue weighted by Gasteiger charge is 2.49. The SMILES string of the molecule is COCC12CCCN1C(COC(C)(C)C)CC2. The molecule has 2 unspecified atom stereocenters. The Bertz CT molecular complexity index is 261. The van der Waals surface area contributed by atoms with Gasteiger partial charge < -0.3 is 9.47 Å². The molecule has 2 aliphatic heterocycles. The summed E-state index contributed by atoms with van der Waals surface area (Å²) in [5, 5.41) is 0. The molecule has 0 saturated carbocycles. The van der Waals surface area contributed by atoms with Crippen LogP contribution in [0.4, 0.5) is 0 Å². The lowest BCUT2D eigenvalue weighted by atomic mass is 9.95. The summed E-state index contributed by atoms with van der Waals surface area (Å²) < 4.78 is 11.4. The van der Waals surface area contributed by atoms with Crippen molar-refractivity contribution in [1.29, 1.82) is 0 Å². The Balaban J connectivity index is 1.94. The van der Waals surface area contributed by atoms with Gasteiger partial charge in [0.25, 0.3) is 0 Å². The van der Waals surface area contributed by atoms with E-state index in [-0.39, 0.29) is 5.60 Å². The Morgan fingerprint density at radius 1 is 1.29 bits per heavy atom. The average Bonchev–Trinajstić information content (AvgIpc) is 2.73. The molecule has 0 bridgehead atoms. The maximum atomic E-state index is 5.96. The molecule has 0 amide bonds. The first kappa shape index (κ1) is 13.3. The topological polar surface area (TPSA) is 21.7 Å². The second kappa shape index (κ2) is 4.87. The van der Waals surface area contributed by atoms with Crippen LogP contribution in [0.5, 0.6) is 0 Å². The zero-order chi connectivity index (χ0) is 12.5. The molecular formula is C14H27NO2. The maximum Gasteiger partial charge on any atom is 0.0646 e. The number of ether oxygens (including phenoxy) is 2. The van der Waals surface area contributed by atoms with Crippen LogP contribution in [0.2, 0.25) is 0 Å². The van der Waals surface area contributed by atoms with Crippen molar-refractivity contribution in [2.45, 2.75) is 63.6 Å². The van der Waals surface area contributed by atoms with Gasteiger partial charge in [-0.2, -0.15) is 0 Å². The molecule has 0 radical (unpaired) electrons. The Morgan fingerprint density at radius 3 is 2.71 bits per heavy atom.